The number of benzene rings is 1. The molecule has 1 aliphatic heterocycles. The van der Waals surface area contributed by atoms with E-state index in [0.717, 1.165) is 22.6 Å². The highest BCUT2D eigenvalue weighted by molar-refractivity contribution is 5.92. The molecule has 3 atom stereocenters. The number of ether oxygens (including phenoxy) is 1. The second kappa shape index (κ2) is 17.4. The molecule has 12 heteroatoms. The lowest BCUT2D eigenvalue weighted by atomic mass is 10.1. The molecule has 1 aromatic carbocycles. The molecule has 0 aliphatic carbocycles. The Bertz CT molecular complexity index is 1490. The van der Waals surface area contributed by atoms with Crippen LogP contribution in [0.15, 0.2) is 97.5 Å². The molecule has 1 fully saturated rings. The molecule has 12 nitrogen and oxygen atoms in total. The van der Waals surface area contributed by atoms with Crippen molar-refractivity contribution in [1.29, 1.82) is 0 Å². The van der Waals surface area contributed by atoms with Crippen molar-refractivity contribution in [2.45, 2.75) is 50.9 Å². The number of aliphatic hydroxyl groups excluding tert-OH is 2. The maximum atomic E-state index is 13.3. The van der Waals surface area contributed by atoms with Crippen LogP contribution in [0.2, 0.25) is 0 Å². The maximum absolute atomic E-state index is 13.3. The molecule has 0 saturated carbocycles. The largest absolute Gasteiger partial charge is 0.391 e. The number of hydrogen-bond acceptors (Lipinski definition) is 10. The standard InChI is InChI=1S/C35H41N7O5/c43-31-20-32(35(46)47-25-31)40-33(44)19-26-10-12-27(13-11-26)39-34(45)24-42(23-30-9-3-6-16-38-30)18-17-41(21-28-7-1-4-14-36-28)22-29-8-2-5-15-37-29/h1-16,31-32,35,43,46H,17-25H2,(H,39,45)(H,40,44). The van der Waals surface area contributed by atoms with Crippen LogP contribution < -0.4 is 10.6 Å². The fourth-order valence-electron chi connectivity index (χ4n) is 5.36. The highest BCUT2D eigenvalue weighted by Gasteiger charge is 2.30. The molecule has 47 heavy (non-hydrogen) atoms. The van der Waals surface area contributed by atoms with E-state index in [0.29, 0.717) is 38.4 Å². The van der Waals surface area contributed by atoms with Gasteiger partial charge in [-0.1, -0.05) is 30.3 Å². The van der Waals surface area contributed by atoms with Crippen LogP contribution in [-0.4, -0.2) is 91.5 Å². The van der Waals surface area contributed by atoms with Gasteiger partial charge in [0.1, 0.15) is 0 Å². The molecule has 0 radical (unpaired) electrons. The van der Waals surface area contributed by atoms with Gasteiger partial charge in [-0.2, -0.15) is 0 Å². The van der Waals surface area contributed by atoms with Gasteiger partial charge in [-0.05, 0) is 54.1 Å². The van der Waals surface area contributed by atoms with Gasteiger partial charge in [0.05, 0.1) is 48.8 Å². The molecule has 1 aliphatic rings. The summed E-state index contributed by atoms with van der Waals surface area (Å²) >= 11 is 0. The summed E-state index contributed by atoms with van der Waals surface area (Å²) < 4.78 is 5.08. The molecule has 3 unspecified atom stereocenters. The summed E-state index contributed by atoms with van der Waals surface area (Å²) in [4.78, 5) is 43.6. The first-order valence-corrected chi connectivity index (χ1v) is 15.7. The van der Waals surface area contributed by atoms with E-state index in [4.69, 9.17) is 4.74 Å². The number of hydrogen-bond donors (Lipinski definition) is 4. The van der Waals surface area contributed by atoms with Gasteiger partial charge in [0.2, 0.25) is 11.8 Å². The predicted octanol–water partition coefficient (Wildman–Crippen LogP) is 2.14. The van der Waals surface area contributed by atoms with E-state index < -0.39 is 18.4 Å². The van der Waals surface area contributed by atoms with Gasteiger partial charge >= 0.3 is 0 Å². The summed E-state index contributed by atoms with van der Waals surface area (Å²) in [5.74, 6) is -0.467. The number of anilines is 1. The van der Waals surface area contributed by atoms with Crippen molar-refractivity contribution in [3.63, 3.8) is 0 Å². The van der Waals surface area contributed by atoms with E-state index in [1.165, 1.54) is 0 Å². The second-order valence-electron chi connectivity index (χ2n) is 11.6. The van der Waals surface area contributed by atoms with Crippen LogP contribution in [0, 0.1) is 0 Å². The molecule has 5 rings (SSSR count). The van der Waals surface area contributed by atoms with E-state index in [1.54, 1.807) is 42.9 Å². The summed E-state index contributed by atoms with van der Waals surface area (Å²) in [6, 6.07) is 23.9. The zero-order chi connectivity index (χ0) is 32.8. The third-order valence-electron chi connectivity index (χ3n) is 7.71. The van der Waals surface area contributed by atoms with Crippen LogP contribution in [0.4, 0.5) is 5.69 Å². The number of nitrogens with zero attached hydrogens (tertiary/aromatic N) is 5. The van der Waals surface area contributed by atoms with Crippen molar-refractivity contribution < 1.29 is 24.5 Å². The smallest absolute Gasteiger partial charge is 0.238 e. The number of aromatic nitrogens is 3. The number of nitrogens with one attached hydrogen (secondary N) is 2. The highest BCUT2D eigenvalue weighted by Crippen LogP contribution is 2.15. The molecule has 3 aromatic heterocycles. The number of rotatable bonds is 15. The Labute approximate surface area is 274 Å². The van der Waals surface area contributed by atoms with Crippen LogP contribution in [0.1, 0.15) is 29.1 Å². The zero-order valence-electron chi connectivity index (χ0n) is 26.2. The first kappa shape index (κ1) is 33.8. The predicted molar refractivity (Wildman–Crippen MR) is 175 cm³/mol. The lowest BCUT2D eigenvalue weighted by Crippen LogP contribution is -2.51. The first-order chi connectivity index (χ1) is 22.9. The van der Waals surface area contributed by atoms with Crippen molar-refractivity contribution in [3.8, 4) is 0 Å². The summed E-state index contributed by atoms with van der Waals surface area (Å²) in [7, 11) is 0. The average Bonchev–Trinajstić information content (AvgIpc) is 3.07. The Hall–Kier alpha value is -4.59. The molecular formula is C35H41N7O5. The Kier molecular flexibility index (Phi) is 12.5. The number of aliphatic hydroxyl groups is 2. The van der Waals surface area contributed by atoms with E-state index >= 15 is 0 Å². The molecule has 4 aromatic rings. The second-order valence-corrected chi connectivity index (χ2v) is 11.6. The Morgan fingerprint density at radius 1 is 0.745 bits per heavy atom. The van der Waals surface area contributed by atoms with Crippen LogP contribution in [-0.2, 0) is 40.4 Å². The van der Waals surface area contributed by atoms with Gasteiger partial charge in [0.15, 0.2) is 6.29 Å². The minimum atomic E-state index is -1.15. The third kappa shape index (κ3) is 11.3. The Morgan fingerprint density at radius 3 is 1.85 bits per heavy atom. The fraction of sp³-hybridized carbons (Fsp3) is 0.343. The summed E-state index contributed by atoms with van der Waals surface area (Å²) in [6.45, 7) is 3.26. The SMILES string of the molecule is O=C(CN(CCN(Cc1ccccn1)Cc1ccccn1)Cc1ccccn1)Nc1ccc(CC(=O)NC2CC(O)COC2O)cc1. The molecule has 2 amide bonds. The molecule has 0 bridgehead atoms. The van der Waals surface area contributed by atoms with Crippen LogP contribution in [0.5, 0.6) is 0 Å². The van der Waals surface area contributed by atoms with Gasteiger partial charge in [0.25, 0.3) is 0 Å². The van der Waals surface area contributed by atoms with Crippen molar-refractivity contribution in [1.82, 2.24) is 30.1 Å². The minimum absolute atomic E-state index is 0.0397. The lowest BCUT2D eigenvalue weighted by molar-refractivity contribution is -0.175. The summed E-state index contributed by atoms with van der Waals surface area (Å²) in [5, 5.41) is 25.4. The molecular weight excluding hydrogens is 598 g/mol. The molecule has 246 valence electrons. The van der Waals surface area contributed by atoms with Crippen LogP contribution >= 0.6 is 0 Å². The van der Waals surface area contributed by atoms with Gasteiger partial charge < -0.3 is 25.6 Å². The number of carbonyl (C=O) groups is 2. The fourth-order valence-corrected chi connectivity index (χ4v) is 5.36. The van der Waals surface area contributed by atoms with Gasteiger partial charge in [-0.15, -0.1) is 0 Å². The van der Waals surface area contributed by atoms with Crippen molar-refractivity contribution in [2.75, 3.05) is 31.6 Å². The molecule has 1 saturated heterocycles. The van der Waals surface area contributed by atoms with Gasteiger partial charge in [-0.25, -0.2) is 0 Å². The summed E-state index contributed by atoms with van der Waals surface area (Å²) in [5.41, 5.74) is 4.13. The quantitative estimate of drug-likeness (QED) is 0.152. The van der Waals surface area contributed by atoms with E-state index in [-0.39, 0.29) is 37.8 Å². The number of amides is 2. The molecule has 4 heterocycles. The van der Waals surface area contributed by atoms with Gasteiger partial charge in [-0.3, -0.25) is 34.3 Å². The minimum Gasteiger partial charge on any atom is -0.391 e. The monoisotopic (exact) mass is 639 g/mol. The highest BCUT2D eigenvalue weighted by atomic mass is 16.6. The first-order valence-electron chi connectivity index (χ1n) is 15.7. The zero-order valence-corrected chi connectivity index (χ0v) is 26.2. The number of carbonyl (C=O) groups excluding carboxylic acids is 2. The average molecular weight is 640 g/mol. The topological polar surface area (TPSA) is 153 Å². The van der Waals surface area contributed by atoms with Crippen molar-refractivity contribution in [2.24, 2.45) is 0 Å². The lowest BCUT2D eigenvalue weighted by Gasteiger charge is -2.31. The Morgan fingerprint density at radius 2 is 1.30 bits per heavy atom. The number of pyridine rings is 3. The normalized spacial score (nSPS) is 17.8. The van der Waals surface area contributed by atoms with E-state index in [1.807, 2.05) is 54.6 Å². The molecule has 4 N–H and O–H groups in total. The van der Waals surface area contributed by atoms with E-state index in [2.05, 4.69) is 35.4 Å². The Balaban J connectivity index is 1.18. The van der Waals surface area contributed by atoms with Crippen molar-refractivity contribution in [3.05, 3.63) is 120 Å². The molecule has 0 spiro atoms. The maximum Gasteiger partial charge on any atom is 0.238 e. The summed E-state index contributed by atoms with van der Waals surface area (Å²) in [6.07, 6.45) is 3.75. The van der Waals surface area contributed by atoms with Gasteiger partial charge in [0, 0.05) is 63.4 Å². The van der Waals surface area contributed by atoms with Crippen LogP contribution in [0.25, 0.3) is 0 Å². The van der Waals surface area contributed by atoms with E-state index in [9.17, 15) is 19.8 Å². The third-order valence-corrected chi connectivity index (χ3v) is 7.71. The van der Waals surface area contributed by atoms with Crippen LogP contribution in [0.3, 0.4) is 0 Å². The van der Waals surface area contributed by atoms with Crippen molar-refractivity contribution >= 4 is 17.5 Å².